The first kappa shape index (κ1) is 18.3. The number of piperazine rings is 1. The number of nitrogens with zero attached hydrogens (tertiary/aromatic N) is 2. The maximum atomic E-state index is 12.2. The molecule has 0 saturated carbocycles. The van der Waals surface area contributed by atoms with Gasteiger partial charge in [-0.15, -0.1) is 0 Å². The van der Waals surface area contributed by atoms with Crippen molar-refractivity contribution in [3.8, 4) is 0 Å². The molecule has 1 aliphatic rings. The fourth-order valence-corrected chi connectivity index (χ4v) is 3.34. The van der Waals surface area contributed by atoms with Gasteiger partial charge in [0.1, 0.15) is 5.60 Å². The number of hydrogen-bond acceptors (Lipinski definition) is 3. The smallest absolute Gasteiger partial charge is 0.410 e. The Kier molecular flexibility index (Phi) is 5.74. The van der Waals surface area contributed by atoms with Gasteiger partial charge in [-0.05, 0) is 51.8 Å². The molecule has 1 fully saturated rings. The van der Waals surface area contributed by atoms with Crippen molar-refractivity contribution in [3.63, 3.8) is 0 Å². The Hall–Kier alpha value is -1.07. The zero-order chi connectivity index (χ0) is 17.2. The summed E-state index contributed by atoms with van der Waals surface area (Å²) in [6.07, 6.45) is -0.208. The van der Waals surface area contributed by atoms with Crippen LogP contribution in [0.25, 0.3) is 0 Å². The highest BCUT2D eigenvalue weighted by Gasteiger charge is 2.29. The second-order valence-electron chi connectivity index (χ2n) is 7.34. The molecule has 5 heteroatoms. The standard InChI is InChI=1S/C18H27BrN2O2/c1-13-6-7-15(16(19)10-13)12-20-8-9-21(11-14(20)2)17(22)23-18(3,4)5/h6-7,10,14H,8-9,11-12H2,1-5H3/t14-/m0/s1. The van der Waals surface area contributed by atoms with Gasteiger partial charge in [0.25, 0.3) is 0 Å². The number of hydrogen-bond donors (Lipinski definition) is 0. The highest BCUT2D eigenvalue weighted by molar-refractivity contribution is 9.10. The van der Waals surface area contributed by atoms with E-state index in [0.29, 0.717) is 19.1 Å². The molecule has 1 amide bonds. The van der Waals surface area contributed by atoms with Crippen LogP contribution >= 0.6 is 15.9 Å². The quantitative estimate of drug-likeness (QED) is 0.768. The van der Waals surface area contributed by atoms with Crippen LogP contribution in [0.15, 0.2) is 22.7 Å². The number of rotatable bonds is 2. The van der Waals surface area contributed by atoms with Crippen LogP contribution in [0.2, 0.25) is 0 Å². The van der Waals surface area contributed by atoms with Gasteiger partial charge in [0.05, 0.1) is 0 Å². The van der Waals surface area contributed by atoms with E-state index in [1.807, 2.05) is 25.7 Å². The summed E-state index contributed by atoms with van der Waals surface area (Å²) in [6.45, 7) is 13.1. The molecule has 0 radical (unpaired) electrons. The second kappa shape index (κ2) is 7.22. The summed E-state index contributed by atoms with van der Waals surface area (Å²) in [5.41, 5.74) is 2.10. The lowest BCUT2D eigenvalue weighted by molar-refractivity contribution is 0.00458. The van der Waals surface area contributed by atoms with Gasteiger partial charge < -0.3 is 9.64 Å². The van der Waals surface area contributed by atoms with Gasteiger partial charge in [-0.2, -0.15) is 0 Å². The van der Waals surface area contributed by atoms with Crippen LogP contribution in [-0.2, 0) is 11.3 Å². The molecule has 0 aromatic heterocycles. The molecule has 1 heterocycles. The second-order valence-corrected chi connectivity index (χ2v) is 8.20. The Morgan fingerprint density at radius 3 is 2.61 bits per heavy atom. The third-order valence-electron chi connectivity index (χ3n) is 4.00. The van der Waals surface area contributed by atoms with Gasteiger partial charge in [-0.25, -0.2) is 4.79 Å². The number of aryl methyl sites for hydroxylation is 1. The SMILES string of the molecule is Cc1ccc(CN2CCN(C(=O)OC(C)(C)C)C[C@@H]2C)c(Br)c1. The van der Waals surface area contributed by atoms with Crippen molar-refractivity contribution in [1.82, 2.24) is 9.80 Å². The molecule has 1 aromatic carbocycles. The predicted molar refractivity (Wildman–Crippen MR) is 96.6 cm³/mol. The summed E-state index contributed by atoms with van der Waals surface area (Å²) in [5.74, 6) is 0. The molecule has 0 aliphatic carbocycles. The molecule has 0 unspecified atom stereocenters. The Balaban J connectivity index is 1.95. The summed E-state index contributed by atoms with van der Waals surface area (Å²) >= 11 is 3.65. The Labute approximate surface area is 147 Å². The maximum Gasteiger partial charge on any atom is 0.410 e. The van der Waals surface area contributed by atoms with Crippen LogP contribution in [0, 0.1) is 6.92 Å². The summed E-state index contributed by atoms with van der Waals surface area (Å²) in [4.78, 5) is 16.4. The van der Waals surface area contributed by atoms with Gasteiger partial charge in [0.15, 0.2) is 0 Å². The number of carbonyl (C=O) groups excluding carboxylic acids is 1. The maximum absolute atomic E-state index is 12.2. The highest BCUT2D eigenvalue weighted by Crippen LogP contribution is 2.22. The molecule has 128 valence electrons. The average Bonchev–Trinajstić information content (AvgIpc) is 2.41. The first-order valence-corrected chi connectivity index (χ1v) is 8.92. The molecule has 0 N–H and O–H groups in total. The third kappa shape index (κ3) is 5.21. The fraction of sp³-hybridized carbons (Fsp3) is 0.611. The number of ether oxygens (including phenoxy) is 1. The molecule has 2 rings (SSSR count). The zero-order valence-electron chi connectivity index (χ0n) is 14.7. The molecule has 23 heavy (non-hydrogen) atoms. The minimum atomic E-state index is -0.440. The lowest BCUT2D eigenvalue weighted by Crippen LogP contribution is -2.54. The molecule has 0 bridgehead atoms. The van der Waals surface area contributed by atoms with E-state index in [1.54, 1.807) is 0 Å². The van der Waals surface area contributed by atoms with Gasteiger partial charge in [0.2, 0.25) is 0 Å². The van der Waals surface area contributed by atoms with E-state index >= 15 is 0 Å². The van der Waals surface area contributed by atoms with Crippen molar-refractivity contribution in [3.05, 3.63) is 33.8 Å². The summed E-state index contributed by atoms with van der Waals surface area (Å²) in [6, 6.07) is 6.77. The number of amides is 1. The van der Waals surface area contributed by atoms with E-state index in [4.69, 9.17) is 4.74 Å². The summed E-state index contributed by atoms with van der Waals surface area (Å²) in [7, 11) is 0. The molecule has 1 atom stereocenters. The largest absolute Gasteiger partial charge is 0.444 e. The van der Waals surface area contributed by atoms with Crippen LogP contribution in [0.1, 0.15) is 38.8 Å². The minimum Gasteiger partial charge on any atom is -0.444 e. The van der Waals surface area contributed by atoms with Gasteiger partial charge in [-0.1, -0.05) is 28.1 Å². The average molecular weight is 383 g/mol. The van der Waals surface area contributed by atoms with Crippen molar-refractivity contribution in [1.29, 1.82) is 0 Å². The molecular weight excluding hydrogens is 356 g/mol. The molecule has 1 saturated heterocycles. The molecule has 1 aliphatic heterocycles. The van der Waals surface area contributed by atoms with Crippen molar-refractivity contribution in [2.45, 2.75) is 52.8 Å². The first-order chi connectivity index (χ1) is 10.7. The van der Waals surface area contributed by atoms with E-state index in [1.165, 1.54) is 11.1 Å². The lowest BCUT2D eigenvalue weighted by Gasteiger charge is -2.40. The third-order valence-corrected chi connectivity index (χ3v) is 4.74. The van der Waals surface area contributed by atoms with Crippen molar-refractivity contribution in [2.24, 2.45) is 0 Å². The van der Waals surface area contributed by atoms with Crippen molar-refractivity contribution >= 4 is 22.0 Å². The molecule has 4 nitrogen and oxygen atoms in total. The number of halogens is 1. The van der Waals surface area contributed by atoms with Crippen LogP contribution in [0.4, 0.5) is 4.79 Å². The topological polar surface area (TPSA) is 32.8 Å². The molecule has 1 aromatic rings. The number of benzene rings is 1. The minimum absolute atomic E-state index is 0.208. The van der Waals surface area contributed by atoms with E-state index in [9.17, 15) is 4.79 Å². The predicted octanol–water partition coefficient (Wildman–Crippen LogP) is 4.20. The van der Waals surface area contributed by atoms with Gasteiger partial charge in [-0.3, -0.25) is 4.90 Å². The molecular formula is C18H27BrN2O2. The zero-order valence-corrected chi connectivity index (χ0v) is 16.3. The van der Waals surface area contributed by atoms with Crippen molar-refractivity contribution < 1.29 is 9.53 Å². The van der Waals surface area contributed by atoms with Crippen LogP contribution in [-0.4, -0.2) is 47.2 Å². The molecule has 0 spiro atoms. The van der Waals surface area contributed by atoms with E-state index in [0.717, 1.165) is 17.6 Å². The monoisotopic (exact) mass is 382 g/mol. The van der Waals surface area contributed by atoms with Gasteiger partial charge in [0, 0.05) is 36.7 Å². The van der Waals surface area contributed by atoms with Crippen LogP contribution in [0.3, 0.4) is 0 Å². The lowest BCUT2D eigenvalue weighted by atomic mass is 10.1. The normalized spacial score (nSPS) is 19.7. The van der Waals surface area contributed by atoms with E-state index < -0.39 is 5.60 Å². The fourth-order valence-electron chi connectivity index (χ4n) is 2.72. The first-order valence-electron chi connectivity index (χ1n) is 8.13. The Morgan fingerprint density at radius 2 is 2.04 bits per heavy atom. The highest BCUT2D eigenvalue weighted by atomic mass is 79.9. The van der Waals surface area contributed by atoms with Crippen LogP contribution < -0.4 is 0 Å². The van der Waals surface area contributed by atoms with Crippen LogP contribution in [0.5, 0.6) is 0 Å². The Morgan fingerprint density at radius 1 is 1.35 bits per heavy atom. The van der Waals surface area contributed by atoms with E-state index in [-0.39, 0.29) is 6.09 Å². The number of carbonyl (C=O) groups is 1. The van der Waals surface area contributed by atoms with E-state index in [2.05, 4.69) is 52.9 Å². The summed E-state index contributed by atoms with van der Waals surface area (Å²) in [5, 5.41) is 0. The van der Waals surface area contributed by atoms with Crippen molar-refractivity contribution in [2.75, 3.05) is 19.6 Å². The Bertz CT molecular complexity index is 569. The summed E-state index contributed by atoms with van der Waals surface area (Å²) < 4.78 is 6.62. The van der Waals surface area contributed by atoms with Gasteiger partial charge >= 0.3 is 6.09 Å².